The Labute approximate surface area is 183 Å². The van der Waals surface area contributed by atoms with Crippen LogP contribution in [0.4, 0.5) is 11.4 Å². The molecule has 1 unspecified atom stereocenters. The highest BCUT2D eigenvalue weighted by Crippen LogP contribution is 2.39. The quantitative estimate of drug-likeness (QED) is 0.377. The summed E-state index contributed by atoms with van der Waals surface area (Å²) in [5.74, 6) is -1.04. The molecule has 3 aromatic rings. The molecule has 0 saturated carbocycles. The summed E-state index contributed by atoms with van der Waals surface area (Å²) in [6, 6.07) is 18.3. The van der Waals surface area contributed by atoms with Crippen LogP contribution in [0.2, 0.25) is 0 Å². The third kappa shape index (κ3) is 5.12. The molecule has 0 aliphatic heterocycles. The van der Waals surface area contributed by atoms with Gasteiger partial charge in [-0.25, -0.2) is 4.79 Å². The first-order valence-corrected chi connectivity index (χ1v) is 9.45. The van der Waals surface area contributed by atoms with E-state index in [4.69, 9.17) is 14.7 Å². The number of carboxylic acids is 1. The fraction of sp³-hybridized carbons (Fsp3) is 0.130. The summed E-state index contributed by atoms with van der Waals surface area (Å²) < 4.78 is 11.0. The van der Waals surface area contributed by atoms with E-state index in [1.54, 1.807) is 0 Å². The maximum Gasteiger partial charge on any atom is 0.331 e. The number of hydrogen-bond donors (Lipinski definition) is 2. The maximum absolute atomic E-state index is 12.0. The van der Waals surface area contributed by atoms with Crippen LogP contribution in [0.1, 0.15) is 22.7 Å². The molecule has 0 aliphatic rings. The van der Waals surface area contributed by atoms with Gasteiger partial charge in [0.25, 0.3) is 5.69 Å². The number of nitriles is 1. The monoisotopic (exact) mass is 433 g/mol. The average molecular weight is 433 g/mol. The molecule has 3 rings (SSSR count). The van der Waals surface area contributed by atoms with E-state index in [9.17, 15) is 20.0 Å². The van der Waals surface area contributed by atoms with E-state index in [1.165, 1.54) is 37.4 Å². The molecule has 9 nitrogen and oxygen atoms in total. The molecule has 2 N–H and O–H groups in total. The van der Waals surface area contributed by atoms with Crippen LogP contribution in [0, 0.1) is 21.4 Å². The van der Waals surface area contributed by atoms with Crippen LogP contribution in [-0.4, -0.2) is 23.1 Å². The molecule has 162 valence electrons. The number of nitrogens with zero attached hydrogens (tertiary/aromatic N) is 2. The van der Waals surface area contributed by atoms with Gasteiger partial charge in [0.1, 0.15) is 6.61 Å². The molecular weight excluding hydrogens is 414 g/mol. The van der Waals surface area contributed by atoms with E-state index in [-0.39, 0.29) is 23.7 Å². The van der Waals surface area contributed by atoms with Gasteiger partial charge in [-0.15, -0.1) is 0 Å². The molecule has 0 aromatic heterocycles. The second-order valence-electron chi connectivity index (χ2n) is 6.70. The van der Waals surface area contributed by atoms with E-state index in [1.807, 2.05) is 36.4 Å². The number of nitrogens with one attached hydrogen (secondary N) is 1. The fourth-order valence-corrected chi connectivity index (χ4v) is 3.04. The van der Waals surface area contributed by atoms with Gasteiger partial charge in [-0.05, 0) is 35.9 Å². The van der Waals surface area contributed by atoms with Crippen LogP contribution in [0.5, 0.6) is 11.5 Å². The van der Waals surface area contributed by atoms with Crippen molar-refractivity contribution in [2.45, 2.75) is 12.6 Å². The Hall–Kier alpha value is -4.58. The average Bonchev–Trinajstić information content (AvgIpc) is 2.81. The highest BCUT2D eigenvalue weighted by atomic mass is 16.6. The number of rotatable bonds is 9. The van der Waals surface area contributed by atoms with Crippen molar-refractivity contribution >= 4 is 17.3 Å². The molecule has 0 aliphatic carbocycles. The lowest BCUT2D eigenvalue weighted by Crippen LogP contribution is -2.22. The Kier molecular flexibility index (Phi) is 6.88. The summed E-state index contributed by atoms with van der Waals surface area (Å²) in [6.07, 6.45) is 0. The minimum absolute atomic E-state index is 0.101. The zero-order valence-electron chi connectivity index (χ0n) is 17.0. The van der Waals surface area contributed by atoms with Crippen LogP contribution in [-0.2, 0) is 11.4 Å². The number of nitro benzene ring substituents is 1. The SMILES string of the molecule is COc1cc(C(Nc2ccc(C#N)cc2)C(=O)O)c([N+](=O)[O-])cc1OCc1ccccc1. The van der Waals surface area contributed by atoms with Crippen LogP contribution in [0.15, 0.2) is 66.7 Å². The number of carboxylic acid groups (broad SMARTS) is 1. The Morgan fingerprint density at radius 1 is 1.16 bits per heavy atom. The number of anilines is 1. The van der Waals surface area contributed by atoms with Gasteiger partial charge in [0.05, 0.1) is 35.3 Å². The fourth-order valence-electron chi connectivity index (χ4n) is 3.04. The van der Waals surface area contributed by atoms with E-state index in [2.05, 4.69) is 5.32 Å². The van der Waals surface area contributed by atoms with Crippen LogP contribution < -0.4 is 14.8 Å². The van der Waals surface area contributed by atoms with E-state index in [0.29, 0.717) is 11.3 Å². The second kappa shape index (κ2) is 9.95. The molecule has 0 radical (unpaired) electrons. The van der Waals surface area contributed by atoms with Crippen molar-refractivity contribution in [1.29, 1.82) is 5.26 Å². The molecule has 1 atom stereocenters. The van der Waals surface area contributed by atoms with Gasteiger partial charge >= 0.3 is 5.97 Å². The summed E-state index contributed by atoms with van der Waals surface area (Å²) in [5.41, 5.74) is 1.11. The molecule has 0 spiro atoms. The Morgan fingerprint density at radius 2 is 1.84 bits per heavy atom. The summed E-state index contributed by atoms with van der Waals surface area (Å²) in [6.45, 7) is 0.152. The standard InChI is InChI=1S/C23H19N3O6/c1-31-20-11-18(22(23(27)28)25-17-9-7-15(13-24)8-10-17)19(26(29)30)12-21(20)32-14-16-5-3-2-4-6-16/h2-12,22,25H,14H2,1H3,(H,27,28). The molecule has 0 amide bonds. The number of methoxy groups -OCH3 is 1. The van der Waals surface area contributed by atoms with Gasteiger partial charge in [-0.1, -0.05) is 30.3 Å². The van der Waals surface area contributed by atoms with Crippen molar-refractivity contribution in [3.8, 4) is 17.6 Å². The third-order valence-corrected chi connectivity index (χ3v) is 4.63. The van der Waals surface area contributed by atoms with Crippen molar-refractivity contribution in [3.05, 3.63) is 93.5 Å². The Bertz CT molecular complexity index is 1160. The number of nitro groups is 1. The Balaban J connectivity index is 1.97. The molecule has 0 heterocycles. The number of aliphatic carboxylic acids is 1. The summed E-state index contributed by atoms with van der Waals surface area (Å²) in [7, 11) is 1.37. The van der Waals surface area contributed by atoms with Gasteiger partial charge in [-0.2, -0.15) is 5.26 Å². The van der Waals surface area contributed by atoms with Crippen LogP contribution in [0.3, 0.4) is 0 Å². The van der Waals surface area contributed by atoms with Gasteiger partial charge in [-0.3, -0.25) is 10.1 Å². The van der Waals surface area contributed by atoms with Gasteiger partial charge in [0, 0.05) is 5.69 Å². The number of carbonyl (C=O) groups is 1. The summed E-state index contributed by atoms with van der Waals surface area (Å²) in [4.78, 5) is 23.1. The number of hydrogen-bond acceptors (Lipinski definition) is 7. The van der Waals surface area contributed by atoms with Crippen molar-refractivity contribution in [1.82, 2.24) is 0 Å². The van der Waals surface area contributed by atoms with Crippen molar-refractivity contribution < 1.29 is 24.3 Å². The summed E-state index contributed by atoms with van der Waals surface area (Å²) >= 11 is 0. The minimum Gasteiger partial charge on any atom is -0.493 e. The third-order valence-electron chi connectivity index (χ3n) is 4.63. The zero-order chi connectivity index (χ0) is 23.1. The molecule has 0 fully saturated rings. The van der Waals surface area contributed by atoms with Crippen LogP contribution in [0.25, 0.3) is 0 Å². The first-order valence-electron chi connectivity index (χ1n) is 9.45. The van der Waals surface area contributed by atoms with Crippen molar-refractivity contribution in [3.63, 3.8) is 0 Å². The summed E-state index contributed by atoms with van der Waals surface area (Å²) in [5, 5.41) is 33.2. The molecule has 0 saturated heterocycles. The lowest BCUT2D eigenvalue weighted by Gasteiger charge is -2.19. The van der Waals surface area contributed by atoms with Crippen molar-refractivity contribution in [2.24, 2.45) is 0 Å². The first-order chi connectivity index (χ1) is 15.4. The zero-order valence-corrected chi connectivity index (χ0v) is 17.0. The largest absolute Gasteiger partial charge is 0.493 e. The predicted molar refractivity (Wildman–Crippen MR) is 116 cm³/mol. The van der Waals surface area contributed by atoms with Crippen LogP contribution >= 0.6 is 0 Å². The normalized spacial score (nSPS) is 11.1. The highest BCUT2D eigenvalue weighted by molar-refractivity contribution is 5.81. The molecule has 32 heavy (non-hydrogen) atoms. The minimum atomic E-state index is -1.44. The van der Waals surface area contributed by atoms with Crippen molar-refractivity contribution in [2.75, 3.05) is 12.4 Å². The Morgan fingerprint density at radius 3 is 2.41 bits per heavy atom. The number of benzene rings is 3. The van der Waals surface area contributed by atoms with Gasteiger partial charge < -0.3 is 19.9 Å². The van der Waals surface area contributed by atoms with Gasteiger partial charge in [0.2, 0.25) is 0 Å². The lowest BCUT2D eigenvalue weighted by molar-refractivity contribution is -0.385. The van der Waals surface area contributed by atoms with Gasteiger partial charge in [0.15, 0.2) is 17.5 Å². The first kappa shape index (κ1) is 22.1. The van der Waals surface area contributed by atoms with E-state index >= 15 is 0 Å². The van der Waals surface area contributed by atoms with E-state index < -0.39 is 22.6 Å². The highest BCUT2D eigenvalue weighted by Gasteiger charge is 2.30. The maximum atomic E-state index is 12.0. The predicted octanol–water partition coefficient (Wildman–Crippen LogP) is 4.29. The van der Waals surface area contributed by atoms with E-state index in [0.717, 1.165) is 11.6 Å². The topological polar surface area (TPSA) is 135 Å². The second-order valence-corrected chi connectivity index (χ2v) is 6.70. The number of ether oxygens (including phenoxy) is 2. The molecule has 0 bridgehead atoms. The molecular formula is C23H19N3O6. The molecule has 9 heteroatoms. The molecule has 3 aromatic carbocycles. The lowest BCUT2D eigenvalue weighted by atomic mass is 10.0. The smallest absolute Gasteiger partial charge is 0.331 e.